The highest BCUT2D eigenvalue weighted by molar-refractivity contribution is 7.15. The Labute approximate surface area is 138 Å². The summed E-state index contributed by atoms with van der Waals surface area (Å²) in [5.74, 6) is 1.06. The van der Waals surface area contributed by atoms with E-state index in [2.05, 4.69) is 15.5 Å². The van der Waals surface area contributed by atoms with Gasteiger partial charge in [0.25, 0.3) is 5.91 Å². The van der Waals surface area contributed by atoms with Gasteiger partial charge in [0.05, 0.1) is 0 Å². The van der Waals surface area contributed by atoms with Crippen LogP contribution in [0.5, 0.6) is 11.5 Å². The topological polar surface area (TPSA) is 73.3 Å². The molecule has 1 aromatic carbocycles. The molecule has 1 aliphatic rings. The minimum absolute atomic E-state index is 0.0960. The minimum atomic E-state index is -0.265. The predicted octanol–water partition coefficient (Wildman–Crippen LogP) is 2.83. The first-order valence-corrected chi connectivity index (χ1v) is 8.34. The van der Waals surface area contributed by atoms with E-state index in [4.69, 9.17) is 9.47 Å². The Morgan fingerprint density at radius 3 is 3.00 bits per heavy atom. The molecule has 23 heavy (non-hydrogen) atoms. The maximum absolute atomic E-state index is 12.0. The zero-order valence-corrected chi connectivity index (χ0v) is 14.2. The van der Waals surface area contributed by atoms with Crippen molar-refractivity contribution in [2.45, 2.75) is 39.2 Å². The van der Waals surface area contributed by atoms with Crippen LogP contribution in [0.1, 0.15) is 31.3 Å². The van der Waals surface area contributed by atoms with E-state index in [0.717, 1.165) is 29.2 Å². The molecule has 1 N–H and O–H groups in total. The van der Waals surface area contributed by atoms with Gasteiger partial charge in [-0.2, -0.15) is 0 Å². The summed E-state index contributed by atoms with van der Waals surface area (Å²) in [5.41, 5.74) is 0.859. The van der Waals surface area contributed by atoms with Crippen LogP contribution in [0.25, 0.3) is 0 Å². The molecule has 1 amide bonds. The number of anilines is 1. The SMILES string of the molecule is CCc1nnc(NC(=O)COc2cccc3c2OC(C)(C)C3)s1. The number of para-hydroxylation sites is 1. The fourth-order valence-electron chi connectivity index (χ4n) is 2.45. The lowest BCUT2D eigenvalue weighted by atomic mass is 10.0. The average molecular weight is 333 g/mol. The molecule has 0 bridgehead atoms. The molecular weight excluding hydrogens is 314 g/mol. The number of nitrogens with one attached hydrogen (secondary N) is 1. The molecule has 0 spiro atoms. The van der Waals surface area contributed by atoms with Crippen molar-refractivity contribution in [3.05, 3.63) is 28.8 Å². The van der Waals surface area contributed by atoms with Crippen molar-refractivity contribution < 1.29 is 14.3 Å². The van der Waals surface area contributed by atoms with Gasteiger partial charge < -0.3 is 9.47 Å². The fraction of sp³-hybridized carbons (Fsp3) is 0.438. The number of aromatic nitrogens is 2. The van der Waals surface area contributed by atoms with Gasteiger partial charge in [0.2, 0.25) is 5.13 Å². The van der Waals surface area contributed by atoms with Gasteiger partial charge in [-0.15, -0.1) is 10.2 Å². The Kier molecular flexibility index (Phi) is 4.21. The minimum Gasteiger partial charge on any atom is -0.483 e. The van der Waals surface area contributed by atoms with Gasteiger partial charge in [0, 0.05) is 12.0 Å². The normalized spacial score (nSPS) is 14.9. The predicted molar refractivity (Wildman–Crippen MR) is 88.3 cm³/mol. The van der Waals surface area contributed by atoms with E-state index in [1.807, 2.05) is 39.0 Å². The summed E-state index contributed by atoms with van der Waals surface area (Å²) in [6.07, 6.45) is 1.63. The van der Waals surface area contributed by atoms with Crippen LogP contribution in [0.4, 0.5) is 5.13 Å². The van der Waals surface area contributed by atoms with Gasteiger partial charge in [-0.05, 0) is 26.3 Å². The van der Waals surface area contributed by atoms with E-state index >= 15 is 0 Å². The maximum atomic E-state index is 12.0. The second-order valence-corrected chi connectivity index (χ2v) is 7.04. The van der Waals surface area contributed by atoms with Crippen LogP contribution in [-0.4, -0.2) is 28.3 Å². The van der Waals surface area contributed by atoms with E-state index in [1.54, 1.807) is 0 Å². The summed E-state index contributed by atoms with van der Waals surface area (Å²) in [5, 5.41) is 11.9. The van der Waals surface area contributed by atoms with E-state index in [9.17, 15) is 4.79 Å². The molecule has 0 atom stereocenters. The van der Waals surface area contributed by atoms with Crippen molar-refractivity contribution in [3.8, 4) is 11.5 Å². The largest absolute Gasteiger partial charge is 0.483 e. The smallest absolute Gasteiger partial charge is 0.264 e. The Morgan fingerprint density at radius 1 is 1.43 bits per heavy atom. The molecule has 0 fully saturated rings. The summed E-state index contributed by atoms with van der Waals surface area (Å²) in [7, 11) is 0. The highest BCUT2D eigenvalue weighted by Gasteiger charge is 2.32. The third-order valence-corrected chi connectivity index (χ3v) is 4.41. The van der Waals surface area contributed by atoms with Crippen molar-refractivity contribution >= 4 is 22.4 Å². The number of fused-ring (bicyclic) bond motifs is 1. The Bertz CT molecular complexity index is 727. The number of amides is 1. The van der Waals surface area contributed by atoms with Crippen LogP contribution in [0.2, 0.25) is 0 Å². The third-order valence-electron chi connectivity index (χ3n) is 3.43. The number of carbonyl (C=O) groups excluding carboxylic acids is 1. The molecule has 1 aromatic heterocycles. The number of rotatable bonds is 5. The number of ether oxygens (including phenoxy) is 2. The monoisotopic (exact) mass is 333 g/mol. The van der Waals surface area contributed by atoms with Crippen LogP contribution >= 0.6 is 11.3 Å². The summed E-state index contributed by atoms with van der Waals surface area (Å²) in [6.45, 7) is 5.96. The number of benzene rings is 1. The Balaban J connectivity index is 1.61. The van der Waals surface area contributed by atoms with Gasteiger partial charge in [0.15, 0.2) is 18.1 Å². The van der Waals surface area contributed by atoms with E-state index < -0.39 is 0 Å². The van der Waals surface area contributed by atoms with Gasteiger partial charge in [0.1, 0.15) is 10.6 Å². The molecular formula is C16H19N3O3S. The van der Waals surface area contributed by atoms with Crippen molar-refractivity contribution in [1.82, 2.24) is 10.2 Å². The molecule has 0 saturated carbocycles. The number of carbonyl (C=O) groups is 1. The fourth-order valence-corrected chi connectivity index (χ4v) is 3.14. The molecule has 2 aromatic rings. The second kappa shape index (κ2) is 6.16. The van der Waals surface area contributed by atoms with E-state index in [1.165, 1.54) is 11.3 Å². The van der Waals surface area contributed by atoms with Crippen LogP contribution < -0.4 is 14.8 Å². The Hall–Kier alpha value is -2.15. The highest BCUT2D eigenvalue weighted by atomic mass is 32.1. The Morgan fingerprint density at radius 2 is 2.26 bits per heavy atom. The van der Waals surface area contributed by atoms with Crippen LogP contribution in [-0.2, 0) is 17.6 Å². The van der Waals surface area contributed by atoms with Gasteiger partial charge in [-0.3, -0.25) is 10.1 Å². The summed E-state index contributed by atoms with van der Waals surface area (Å²) in [6, 6.07) is 5.74. The number of aryl methyl sites for hydroxylation is 1. The lowest BCUT2D eigenvalue weighted by Crippen LogP contribution is -2.25. The zero-order valence-electron chi connectivity index (χ0n) is 13.4. The first kappa shape index (κ1) is 15.7. The molecule has 0 unspecified atom stereocenters. The van der Waals surface area contributed by atoms with Crippen LogP contribution in [0.3, 0.4) is 0 Å². The third kappa shape index (κ3) is 3.61. The molecule has 0 radical (unpaired) electrons. The van der Waals surface area contributed by atoms with E-state index in [-0.39, 0.29) is 18.1 Å². The average Bonchev–Trinajstić information content (AvgIpc) is 3.07. The van der Waals surface area contributed by atoms with Crippen molar-refractivity contribution in [2.24, 2.45) is 0 Å². The first-order valence-electron chi connectivity index (χ1n) is 7.53. The first-order chi connectivity index (χ1) is 11.0. The molecule has 1 aliphatic heterocycles. The number of hydrogen-bond acceptors (Lipinski definition) is 6. The number of nitrogens with zero attached hydrogens (tertiary/aromatic N) is 2. The van der Waals surface area contributed by atoms with Gasteiger partial charge in [-0.1, -0.05) is 30.4 Å². The van der Waals surface area contributed by atoms with Crippen LogP contribution in [0, 0.1) is 0 Å². The zero-order chi connectivity index (χ0) is 16.4. The standard InChI is InChI=1S/C16H19N3O3S/c1-4-13-18-19-15(23-13)17-12(20)9-21-11-7-5-6-10-8-16(2,3)22-14(10)11/h5-7H,4,8-9H2,1-3H3,(H,17,19,20). The van der Waals surface area contributed by atoms with Crippen molar-refractivity contribution in [2.75, 3.05) is 11.9 Å². The molecule has 7 heteroatoms. The van der Waals surface area contributed by atoms with Crippen molar-refractivity contribution in [1.29, 1.82) is 0 Å². The lowest BCUT2D eigenvalue weighted by Gasteiger charge is -2.18. The summed E-state index contributed by atoms with van der Waals surface area (Å²) in [4.78, 5) is 12.0. The second-order valence-electron chi connectivity index (χ2n) is 5.97. The quantitative estimate of drug-likeness (QED) is 0.911. The van der Waals surface area contributed by atoms with Gasteiger partial charge in [-0.25, -0.2) is 0 Å². The van der Waals surface area contributed by atoms with Gasteiger partial charge >= 0.3 is 0 Å². The van der Waals surface area contributed by atoms with E-state index in [0.29, 0.717) is 10.9 Å². The molecule has 122 valence electrons. The lowest BCUT2D eigenvalue weighted by molar-refractivity contribution is -0.118. The molecule has 0 aliphatic carbocycles. The highest BCUT2D eigenvalue weighted by Crippen LogP contribution is 2.41. The summed E-state index contributed by atoms with van der Waals surface area (Å²) < 4.78 is 11.5. The summed E-state index contributed by atoms with van der Waals surface area (Å²) >= 11 is 1.37. The maximum Gasteiger partial charge on any atom is 0.264 e. The molecule has 3 rings (SSSR count). The van der Waals surface area contributed by atoms with Crippen molar-refractivity contribution in [3.63, 3.8) is 0 Å². The van der Waals surface area contributed by atoms with Crippen LogP contribution in [0.15, 0.2) is 18.2 Å². The molecule has 0 saturated heterocycles. The molecule has 6 nitrogen and oxygen atoms in total. The number of hydrogen-bond donors (Lipinski definition) is 1. The molecule has 2 heterocycles.